The van der Waals surface area contributed by atoms with E-state index in [4.69, 9.17) is 51.1 Å². The number of rotatable bonds is 4. The number of carbonyl (C=O) groups is 1. The summed E-state index contributed by atoms with van der Waals surface area (Å²) in [6.45, 7) is -0.658. The van der Waals surface area contributed by atoms with Crippen molar-refractivity contribution in [1.29, 1.82) is 0 Å². The highest BCUT2D eigenvalue weighted by molar-refractivity contribution is 6.45. The quantitative estimate of drug-likeness (QED) is 0.250. The molecule has 1 fully saturated rings. The first kappa shape index (κ1) is 25.5. The molecule has 0 aliphatic carbocycles. The van der Waals surface area contributed by atoms with Crippen LogP contribution in [-0.4, -0.2) is 41.1 Å². The predicted octanol–water partition coefficient (Wildman–Crippen LogP) is 7.32. The van der Waals surface area contributed by atoms with E-state index in [0.29, 0.717) is 46.3 Å². The van der Waals surface area contributed by atoms with E-state index in [0.717, 1.165) is 5.56 Å². The van der Waals surface area contributed by atoms with Crippen molar-refractivity contribution in [2.24, 2.45) is 0 Å². The van der Waals surface area contributed by atoms with Gasteiger partial charge in [-0.3, -0.25) is 4.79 Å². The molecule has 0 bridgehead atoms. The predicted molar refractivity (Wildman–Crippen MR) is 145 cm³/mol. The number of benzene rings is 2. The second-order valence-corrected chi connectivity index (χ2v) is 10.8. The maximum atomic E-state index is 14.0. The largest absolute Gasteiger partial charge is 0.493 e. The Hall–Kier alpha value is -2.78. The number of fused-ring (bicyclic) bond motifs is 2. The molecule has 38 heavy (non-hydrogen) atoms. The van der Waals surface area contributed by atoms with Crippen LogP contribution in [0.1, 0.15) is 28.4 Å². The number of carbonyl (C=O) groups excluding carboxylic acids is 1. The monoisotopic (exact) mass is 596 g/mol. The fourth-order valence-corrected chi connectivity index (χ4v) is 5.92. The number of nitrogens with one attached hydrogen (secondary N) is 1. The maximum Gasteiger partial charge on any atom is 0.282 e. The van der Waals surface area contributed by atoms with Crippen molar-refractivity contribution < 1.29 is 18.3 Å². The molecule has 2 aromatic carbocycles. The van der Waals surface area contributed by atoms with E-state index in [9.17, 15) is 13.6 Å². The van der Waals surface area contributed by atoms with Gasteiger partial charge in [0.25, 0.3) is 11.8 Å². The van der Waals surface area contributed by atoms with Crippen molar-refractivity contribution in [3.05, 3.63) is 79.9 Å². The summed E-state index contributed by atoms with van der Waals surface area (Å²) < 4.78 is 35.1. The summed E-state index contributed by atoms with van der Waals surface area (Å²) in [4.78, 5) is 15.0. The highest BCUT2D eigenvalue weighted by Gasteiger charge is 2.46. The number of hydrogen-bond acceptors (Lipinski definition) is 4. The molecule has 0 saturated carbocycles. The molecule has 4 aromatic rings. The summed E-state index contributed by atoms with van der Waals surface area (Å²) in [6, 6.07) is 11.8. The molecule has 196 valence electrons. The maximum absolute atomic E-state index is 14.0. The van der Waals surface area contributed by atoms with Gasteiger partial charge in [0.1, 0.15) is 5.75 Å². The highest BCUT2D eigenvalue weighted by Crippen LogP contribution is 2.44. The van der Waals surface area contributed by atoms with E-state index in [-0.39, 0.29) is 26.7 Å². The van der Waals surface area contributed by atoms with Crippen molar-refractivity contribution in [3.63, 3.8) is 0 Å². The lowest BCUT2D eigenvalue weighted by atomic mass is 10.00. The molecule has 2 aliphatic heterocycles. The lowest BCUT2D eigenvalue weighted by Crippen LogP contribution is -2.57. The third-order valence-electron chi connectivity index (χ3n) is 6.65. The Morgan fingerprint density at radius 2 is 1.84 bits per heavy atom. The molecule has 2 aliphatic rings. The number of aromatic nitrogens is 2. The molecule has 2 aromatic heterocycles. The van der Waals surface area contributed by atoms with Gasteiger partial charge in [-0.1, -0.05) is 64.6 Å². The third kappa shape index (κ3) is 4.33. The topological polar surface area (TPSA) is 58.9 Å². The minimum atomic E-state index is -2.88. The first-order valence-electron chi connectivity index (χ1n) is 11.6. The lowest BCUT2D eigenvalue weighted by molar-refractivity contribution is -0.0262. The van der Waals surface area contributed by atoms with Crippen LogP contribution in [-0.2, 0) is 0 Å². The van der Waals surface area contributed by atoms with Crippen LogP contribution in [0.4, 0.5) is 14.5 Å². The number of hydrogen-bond donors (Lipinski definition) is 1. The molecule has 0 spiro atoms. The summed E-state index contributed by atoms with van der Waals surface area (Å²) in [6.07, 6.45) is 1.91. The summed E-state index contributed by atoms with van der Waals surface area (Å²) >= 11 is 25.5. The molecule has 6 rings (SSSR count). The lowest BCUT2D eigenvalue weighted by Gasteiger charge is -2.41. The van der Waals surface area contributed by atoms with E-state index >= 15 is 0 Å². The molecule has 1 saturated heterocycles. The van der Waals surface area contributed by atoms with Crippen LogP contribution in [0, 0.1) is 0 Å². The van der Waals surface area contributed by atoms with Gasteiger partial charge in [-0.2, -0.15) is 5.10 Å². The van der Waals surface area contributed by atoms with Gasteiger partial charge in [-0.15, -0.1) is 0 Å². The number of halogens is 6. The van der Waals surface area contributed by atoms with Crippen LogP contribution < -0.4 is 15.0 Å². The second kappa shape index (κ2) is 9.45. The Kier molecular flexibility index (Phi) is 6.34. The molecule has 1 N–H and O–H groups in total. The standard InChI is InChI=1S/C26H18Cl4F2N4O2/c27-13-7-15(22(30)17(28)8-13)23-18(29)9-20-24(35-11-26(31,32)12-35)16(10-33-36(20)23)25(37)34-19-5-6-38-21-4-2-1-3-14(19)21/h1-4,7-10,19H,5-6,11-12H2,(H,34,37)/t19-/m0/s1. The van der Waals surface area contributed by atoms with E-state index in [1.165, 1.54) is 21.7 Å². The van der Waals surface area contributed by atoms with Gasteiger partial charge < -0.3 is 15.0 Å². The summed E-state index contributed by atoms with van der Waals surface area (Å²) in [5.41, 5.74) is 2.44. The van der Waals surface area contributed by atoms with E-state index in [1.54, 1.807) is 12.1 Å². The number of anilines is 1. The molecule has 6 nitrogen and oxygen atoms in total. The number of ether oxygens (including phenoxy) is 1. The van der Waals surface area contributed by atoms with Crippen LogP contribution >= 0.6 is 46.4 Å². The average molecular weight is 598 g/mol. The van der Waals surface area contributed by atoms with Gasteiger partial charge in [-0.05, 0) is 24.3 Å². The minimum Gasteiger partial charge on any atom is -0.493 e. The zero-order chi connectivity index (χ0) is 26.8. The second-order valence-electron chi connectivity index (χ2n) is 9.21. The molecular weight excluding hydrogens is 580 g/mol. The van der Waals surface area contributed by atoms with Gasteiger partial charge in [0, 0.05) is 22.6 Å². The Labute approximate surface area is 236 Å². The van der Waals surface area contributed by atoms with Crippen molar-refractivity contribution in [2.75, 3.05) is 24.6 Å². The average Bonchev–Trinajstić information content (AvgIpc) is 3.20. The fourth-order valence-electron chi connectivity index (χ4n) is 4.94. The molecule has 1 amide bonds. The van der Waals surface area contributed by atoms with Gasteiger partial charge in [0.15, 0.2) is 0 Å². The number of alkyl halides is 2. The number of amides is 1. The Morgan fingerprint density at radius 1 is 1.08 bits per heavy atom. The zero-order valence-corrected chi connectivity index (χ0v) is 22.5. The summed E-state index contributed by atoms with van der Waals surface area (Å²) in [7, 11) is 0. The summed E-state index contributed by atoms with van der Waals surface area (Å²) in [5.74, 6) is -2.63. The molecule has 12 heteroatoms. The van der Waals surface area contributed by atoms with Crippen LogP contribution in [0.2, 0.25) is 20.1 Å². The third-order valence-corrected chi connectivity index (χ3v) is 7.96. The Bertz CT molecular complexity index is 1600. The van der Waals surface area contributed by atoms with Crippen molar-refractivity contribution in [3.8, 4) is 17.0 Å². The molecular formula is C26H18Cl4F2N4O2. The van der Waals surface area contributed by atoms with Gasteiger partial charge in [0.2, 0.25) is 0 Å². The Morgan fingerprint density at radius 3 is 2.61 bits per heavy atom. The SMILES string of the molecule is O=C(N[C@H]1CCOc2ccccc21)c1cnn2c(-c3cc(Cl)cc(Cl)c3Cl)c(Cl)cc2c1N1CC(F)(F)C1. The normalized spacial score (nSPS) is 18.1. The van der Waals surface area contributed by atoms with Crippen LogP contribution in [0.3, 0.4) is 0 Å². The van der Waals surface area contributed by atoms with E-state index < -0.39 is 24.9 Å². The molecule has 1 atom stereocenters. The van der Waals surface area contributed by atoms with Crippen LogP contribution in [0.5, 0.6) is 5.75 Å². The molecule has 0 radical (unpaired) electrons. The minimum absolute atomic E-state index is 0.146. The van der Waals surface area contributed by atoms with Crippen LogP contribution in [0.15, 0.2) is 48.7 Å². The van der Waals surface area contributed by atoms with Gasteiger partial charge in [-0.25, -0.2) is 13.3 Å². The number of para-hydroxylation sites is 1. The zero-order valence-electron chi connectivity index (χ0n) is 19.5. The smallest absolute Gasteiger partial charge is 0.282 e. The Balaban J connectivity index is 1.47. The van der Waals surface area contributed by atoms with Crippen molar-refractivity contribution in [2.45, 2.75) is 18.4 Å². The van der Waals surface area contributed by atoms with Crippen molar-refractivity contribution in [1.82, 2.24) is 14.9 Å². The molecule has 0 unspecified atom stereocenters. The molecule has 4 heterocycles. The van der Waals surface area contributed by atoms with E-state index in [1.807, 2.05) is 24.3 Å². The van der Waals surface area contributed by atoms with E-state index in [2.05, 4.69) is 10.4 Å². The highest BCUT2D eigenvalue weighted by atomic mass is 35.5. The summed E-state index contributed by atoms with van der Waals surface area (Å²) in [5, 5.41) is 8.48. The fraction of sp³-hybridized carbons (Fsp3) is 0.231. The first-order chi connectivity index (χ1) is 18.1. The van der Waals surface area contributed by atoms with Crippen LogP contribution in [0.25, 0.3) is 16.8 Å². The van der Waals surface area contributed by atoms with Crippen molar-refractivity contribution >= 4 is 63.5 Å². The number of nitrogens with zero attached hydrogens (tertiary/aromatic N) is 3. The van der Waals surface area contributed by atoms with Gasteiger partial charge in [0.05, 0.1) is 69.5 Å². The van der Waals surface area contributed by atoms with Gasteiger partial charge >= 0.3 is 0 Å². The first-order valence-corrected chi connectivity index (χ1v) is 13.1.